The van der Waals surface area contributed by atoms with Crippen molar-refractivity contribution < 1.29 is 9.53 Å². The van der Waals surface area contributed by atoms with Gasteiger partial charge in [-0.25, -0.2) is 4.79 Å². The van der Waals surface area contributed by atoms with Crippen molar-refractivity contribution in [1.29, 1.82) is 0 Å². The molecule has 1 rings (SSSR count). The second-order valence-corrected chi connectivity index (χ2v) is 4.82. The van der Waals surface area contributed by atoms with Crippen LogP contribution in [0.2, 0.25) is 0 Å². The Hall–Kier alpha value is -1.50. The van der Waals surface area contributed by atoms with Gasteiger partial charge in [0.1, 0.15) is 6.61 Å². The van der Waals surface area contributed by atoms with Crippen molar-refractivity contribution in [3.63, 3.8) is 0 Å². The van der Waals surface area contributed by atoms with E-state index < -0.39 is 0 Å². The van der Waals surface area contributed by atoms with Gasteiger partial charge in [0.2, 0.25) is 0 Å². The number of ether oxygens (including phenoxy) is 1. The topological polar surface area (TPSA) is 26.3 Å². The van der Waals surface area contributed by atoms with Gasteiger partial charge in [-0.05, 0) is 37.3 Å². The van der Waals surface area contributed by atoms with E-state index in [1.165, 1.54) is 0 Å². The lowest BCUT2D eigenvalue weighted by Crippen LogP contribution is -2.07. The van der Waals surface area contributed by atoms with E-state index >= 15 is 0 Å². The van der Waals surface area contributed by atoms with Crippen molar-refractivity contribution in [3.05, 3.63) is 53.3 Å². The van der Waals surface area contributed by atoms with E-state index in [1.807, 2.05) is 43.3 Å². The summed E-state index contributed by atoms with van der Waals surface area (Å²) in [5.41, 5.74) is 4.63. The van der Waals surface area contributed by atoms with Crippen LogP contribution in [0.5, 0.6) is 0 Å². The Balaban J connectivity index is 2.57. The van der Waals surface area contributed by atoms with Gasteiger partial charge in [0.25, 0.3) is 0 Å². The van der Waals surface area contributed by atoms with E-state index in [4.69, 9.17) is 16.3 Å². The standard InChI is InChI=1S/C17H21ClO2/c1-2-3-11-16(12-7-8-13-18)17(19)20-14-15-9-5-4-6-10-15/h3-6,9-10H,2,7-8,12-14H2,1H3. The molecule has 108 valence electrons. The monoisotopic (exact) mass is 292 g/mol. The molecule has 0 aliphatic heterocycles. The second-order valence-electron chi connectivity index (χ2n) is 4.44. The van der Waals surface area contributed by atoms with Crippen LogP contribution >= 0.6 is 11.6 Å². The molecule has 0 saturated heterocycles. The van der Waals surface area contributed by atoms with Crippen LogP contribution in [0, 0.1) is 0 Å². The van der Waals surface area contributed by atoms with Gasteiger partial charge in [-0.2, -0.15) is 0 Å². The van der Waals surface area contributed by atoms with E-state index in [0.29, 0.717) is 24.5 Å². The fourth-order valence-electron chi connectivity index (χ4n) is 1.66. The van der Waals surface area contributed by atoms with Crippen molar-refractivity contribution in [2.75, 3.05) is 5.88 Å². The highest BCUT2D eigenvalue weighted by molar-refractivity contribution is 6.17. The Morgan fingerprint density at radius 1 is 1.30 bits per heavy atom. The van der Waals surface area contributed by atoms with E-state index in [0.717, 1.165) is 24.8 Å². The minimum absolute atomic E-state index is 0.284. The summed E-state index contributed by atoms with van der Waals surface area (Å²) in [5, 5.41) is 0. The predicted molar refractivity (Wildman–Crippen MR) is 82.7 cm³/mol. The fourth-order valence-corrected chi connectivity index (χ4v) is 1.85. The molecule has 0 unspecified atom stereocenters. The summed E-state index contributed by atoms with van der Waals surface area (Å²) < 4.78 is 5.33. The summed E-state index contributed by atoms with van der Waals surface area (Å²) in [6.07, 6.45) is 5.15. The number of rotatable bonds is 8. The molecule has 20 heavy (non-hydrogen) atoms. The molecule has 0 atom stereocenters. The lowest BCUT2D eigenvalue weighted by molar-refractivity contribution is -0.140. The summed E-state index contributed by atoms with van der Waals surface area (Å²) in [6, 6.07) is 9.67. The molecule has 0 fully saturated rings. The van der Waals surface area contributed by atoms with Crippen LogP contribution in [-0.2, 0) is 16.1 Å². The van der Waals surface area contributed by atoms with Gasteiger partial charge in [-0.15, -0.1) is 17.3 Å². The van der Waals surface area contributed by atoms with Crippen LogP contribution in [0.1, 0.15) is 38.2 Å². The lowest BCUT2D eigenvalue weighted by Gasteiger charge is -2.06. The van der Waals surface area contributed by atoms with Gasteiger partial charge < -0.3 is 4.74 Å². The third-order valence-electron chi connectivity index (χ3n) is 2.75. The van der Waals surface area contributed by atoms with Crippen LogP contribution in [-0.4, -0.2) is 11.8 Å². The summed E-state index contributed by atoms with van der Waals surface area (Å²) in [4.78, 5) is 12.0. The van der Waals surface area contributed by atoms with Crippen LogP contribution < -0.4 is 0 Å². The molecule has 3 heteroatoms. The van der Waals surface area contributed by atoms with E-state index in [9.17, 15) is 4.79 Å². The van der Waals surface area contributed by atoms with Crippen molar-refractivity contribution in [2.24, 2.45) is 0 Å². The molecule has 0 bridgehead atoms. The van der Waals surface area contributed by atoms with Gasteiger partial charge in [0.05, 0.1) is 5.57 Å². The van der Waals surface area contributed by atoms with Gasteiger partial charge in [0.15, 0.2) is 0 Å². The summed E-state index contributed by atoms with van der Waals surface area (Å²) in [5.74, 6) is 0.331. The highest BCUT2D eigenvalue weighted by Gasteiger charge is 2.10. The SMILES string of the molecule is CCC=C=C(CCCCCl)C(=O)OCc1ccccc1. The van der Waals surface area contributed by atoms with Crippen molar-refractivity contribution in [2.45, 2.75) is 39.2 Å². The third-order valence-corrected chi connectivity index (χ3v) is 3.02. The fraction of sp³-hybridized carbons (Fsp3) is 0.412. The molecule has 0 N–H and O–H groups in total. The lowest BCUT2D eigenvalue weighted by atomic mass is 10.1. The first kappa shape index (κ1) is 16.6. The molecule has 0 amide bonds. The summed E-state index contributed by atoms with van der Waals surface area (Å²) in [6.45, 7) is 2.31. The number of esters is 1. The van der Waals surface area contributed by atoms with E-state index in [-0.39, 0.29) is 5.97 Å². The molecule has 0 radical (unpaired) electrons. The van der Waals surface area contributed by atoms with Gasteiger partial charge in [0, 0.05) is 5.88 Å². The molecule has 0 spiro atoms. The van der Waals surface area contributed by atoms with Crippen LogP contribution in [0.25, 0.3) is 0 Å². The molecule has 1 aromatic carbocycles. The molecule has 0 heterocycles. The zero-order valence-corrected chi connectivity index (χ0v) is 12.7. The molecule has 0 aliphatic carbocycles. The normalized spacial score (nSPS) is 9.70. The first-order chi connectivity index (χ1) is 9.77. The molecular weight excluding hydrogens is 272 g/mol. The first-order valence-corrected chi connectivity index (χ1v) is 7.52. The maximum Gasteiger partial charge on any atom is 0.342 e. The Kier molecular flexibility index (Phi) is 8.53. The van der Waals surface area contributed by atoms with Gasteiger partial charge in [-0.1, -0.05) is 37.3 Å². The number of carbonyl (C=O) groups excluding carboxylic acids is 1. The van der Waals surface area contributed by atoms with Crippen LogP contribution in [0.4, 0.5) is 0 Å². The molecule has 2 nitrogen and oxygen atoms in total. The Labute approximate surface area is 126 Å². The van der Waals surface area contributed by atoms with E-state index in [1.54, 1.807) is 0 Å². The average Bonchev–Trinajstić information content (AvgIpc) is 2.49. The minimum Gasteiger partial charge on any atom is -0.457 e. The largest absolute Gasteiger partial charge is 0.457 e. The number of benzene rings is 1. The number of hydrogen-bond acceptors (Lipinski definition) is 2. The van der Waals surface area contributed by atoms with Gasteiger partial charge >= 0.3 is 5.97 Å². The molecule has 0 saturated carbocycles. The number of halogens is 1. The van der Waals surface area contributed by atoms with Crippen molar-refractivity contribution >= 4 is 17.6 Å². The maximum absolute atomic E-state index is 12.0. The number of hydrogen-bond donors (Lipinski definition) is 0. The summed E-state index contributed by atoms with van der Waals surface area (Å²) in [7, 11) is 0. The highest BCUT2D eigenvalue weighted by Crippen LogP contribution is 2.11. The van der Waals surface area contributed by atoms with Crippen molar-refractivity contribution in [1.82, 2.24) is 0 Å². The zero-order chi connectivity index (χ0) is 14.6. The van der Waals surface area contributed by atoms with Gasteiger partial charge in [-0.3, -0.25) is 0 Å². The number of alkyl halides is 1. The predicted octanol–water partition coefficient (Wildman–Crippen LogP) is 4.63. The minimum atomic E-state index is -0.284. The average molecular weight is 293 g/mol. The molecule has 1 aromatic rings. The molecule has 0 aliphatic rings. The Bertz CT molecular complexity index is 459. The Morgan fingerprint density at radius 3 is 2.70 bits per heavy atom. The highest BCUT2D eigenvalue weighted by atomic mass is 35.5. The number of carbonyl (C=O) groups is 1. The van der Waals surface area contributed by atoms with Crippen molar-refractivity contribution in [3.8, 4) is 0 Å². The summed E-state index contributed by atoms with van der Waals surface area (Å²) >= 11 is 5.66. The smallest absolute Gasteiger partial charge is 0.342 e. The molecular formula is C17H21ClO2. The van der Waals surface area contributed by atoms with Crippen LogP contribution in [0.15, 0.2) is 47.7 Å². The quantitative estimate of drug-likeness (QED) is 0.229. The second kappa shape index (κ2) is 10.3. The van der Waals surface area contributed by atoms with Crippen LogP contribution in [0.3, 0.4) is 0 Å². The number of unbranched alkanes of at least 4 members (excludes halogenated alkanes) is 1. The third kappa shape index (κ3) is 6.60. The maximum atomic E-state index is 12.0. The zero-order valence-electron chi connectivity index (χ0n) is 11.9. The molecule has 0 aromatic heterocycles. The Morgan fingerprint density at radius 2 is 2.05 bits per heavy atom. The first-order valence-electron chi connectivity index (χ1n) is 6.99. The van der Waals surface area contributed by atoms with E-state index in [2.05, 4.69) is 5.73 Å².